The first-order valence-electron chi connectivity index (χ1n) is 6.79. The lowest BCUT2D eigenvalue weighted by Gasteiger charge is -2.16. The van der Waals surface area contributed by atoms with Gasteiger partial charge in [0.1, 0.15) is 11.1 Å². The second-order valence-electron chi connectivity index (χ2n) is 5.17. The summed E-state index contributed by atoms with van der Waals surface area (Å²) in [6, 6.07) is 14.9. The molecule has 6 nitrogen and oxygen atoms in total. The number of nitrogens with two attached hydrogens (primary N) is 1. The van der Waals surface area contributed by atoms with Crippen LogP contribution in [-0.2, 0) is 14.8 Å². The molecule has 22 heavy (non-hydrogen) atoms. The van der Waals surface area contributed by atoms with Crippen molar-refractivity contribution in [2.75, 3.05) is 11.4 Å². The Morgan fingerprint density at radius 2 is 1.82 bits per heavy atom. The molecule has 2 heterocycles. The Morgan fingerprint density at radius 1 is 1.09 bits per heavy atom. The van der Waals surface area contributed by atoms with Crippen LogP contribution in [0, 0.1) is 0 Å². The molecule has 3 rings (SSSR count). The quantitative estimate of drug-likeness (QED) is 0.918. The summed E-state index contributed by atoms with van der Waals surface area (Å²) in [5, 5.41) is 4.26. The van der Waals surface area contributed by atoms with Crippen LogP contribution in [0.5, 0.6) is 0 Å². The summed E-state index contributed by atoms with van der Waals surface area (Å²) in [7, 11) is -3.73. The Bertz CT molecular complexity index is 806. The highest BCUT2D eigenvalue weighted by molar-refractivity contribution is 7.89. The summed E-state index contributed by atoms with van der Waals surface area (Å²) in [5.74, 6) is 0.161. The van der Waals surface area contributed by atoms with E-state index in [9.17, 15) is 13.2 Å². The third kappa shape index (κ3) is 2.86. The van der Waals surface area contributed by atoms with E-state index in [0.29, 0.717) is 5.82 Å². The van der Waals surface area contributed by atoms with E-state index in [4.69, 9.17) is 5.14 Å². The smallest absolute Gasteiger partial charge is 0.229 e. The van der Waals surface area contributed by atoms with Crippen molar-refractivity contribution >= 4 is 21.7 Å². The lowest BCUT2D eigenvalue weighted by atomic mass is 10.1. The molecular weight excluding hydrogens is 302 g/mol. The van der Waals surface area contributed by atoms with Gasteiger partial charge in [-0.25, -0.2) is 18.5 Å². The van der Waals surface area contributed by atoms with E-state index in [-0.39, 0.29) is 18.9 Å². The van der Waals surface area contributed by atoms with Crippen LogP contribution in [-0.4, -0.2) is 31.1 Å². The van der Waals surface area contributed by atoms with Gasteiger partial charge >= 0.3 is 0 Å². The molecule has 7 heteroatoms. The Morgan fingerprint density at radius 3 is 2.45 bits per heavy atom. The molecular formula is C15H15N3O3S. The van der Waals surface area contributed by atoms with Gasteiger partial charge in [0.15, 0.2) is 0 Å². The number of aromatic nitrogens is 1. The molecule has 1 atom stereocenters. The SMILES string of the molecule is NS(=O)(=O)C1CC(=O)N(c2cccc(-c3ccccc3)n2)C1. The highest BCUT2D eigenvalue weighted by Gasteiger charge is 2.37. The van der Waals surface area contributed by atoms with Crippen LogP contribution in [0.2, 0.25) is 0 Å². The first-order valence-corrected chi connectivity index (χ1v) is 8.40. The fourth-order valence-electron chi connectivity index (χ4n) is 2.46. The fraction of sp³-hybridized carbons (Fsp3) is 0.200. The summed E-state index contributed by atoms with van der Waals surface area (Å²) in [5.41, 5.74) is 1.66. The molecule has 114 valence electrons. The number of amides is 1. The number of rotatable bonds is 3. The Hall–Kier alpha value is -2.25. The van der Waals surface area contributed by atoms with Crippen LogP contribution in [0.25, 0.3) is 11.3 Å². The van der Waals surface area contributed by atoms with E-state index in [1.807, 2.05) is 36.4 Å². The lowest BCUT2D eigenvalue weighted by molar-refractivity contribution is -0.117. The van der Waals surface area contributed by atoms with Crippen molar-refractivity contribution in [3.05, 3.63) is 48.5 Å². The van der Waals surface area contributed by atoms with E-state index < -0.39 is 15.3 Å². The van der Waals surface area contributed by atoms with E-state index in [1.165, 1.54) is 4.90 Å². The predicted octanol–water partition coefficient (Wildman–Crippen LogP) is 1.14. The zero-order chi connectivity index (χ0) is 15.7. The van der Waals surface area contributed by atoms with Gasteiger partial charge in [0.25, 0.3) is 0 Å². The topological polar surface area (TPSA) is 93.4 Å². The van der Waals surface area contributed by atoms with Gasteiger partial charge < -0.3 is 0 Å². The molecule has 1 aromatic carbocycles. The van der Waals surface area contributed by atoms with E-state index >= 15 is 0 Å². The molecule has 0 radical (unpaired) electrons. The van der Waals surface area contributed by atoms with Gasteiger partial charge in [-0.15, -0.1) is 0 Å². The third-order valence-corrected chi connectivity index (χ3v) is 4.88. The minimum absolute atomic E-state index is 0.0446. The summed E-state index contributed by atoms with van der Waals surface area (Å²) in [4.78, 5) is 17.9. The average molecular weight is 317 g/mol. The van der Waals surface area contributed by atoms with E-state index in [1.54, 1.807) is 12.1 Å². The first kappa shape index (κ1) is 14.7. The monoisotopic (exact) mass is 317 g/mol. The average Bonchev–Trinajstić information content (AvgIpc) is 2.90. The number of carbonyl (C=O) groups is 1. The van der Waals surface area contributed by atoms with Gasteiger partial charge in [-0.2, -0.15) is 0 Å². The normalized spacial score (nSPS) is 18.7. The number of carbonyl (C=O) groups excluding carboxylic acids is 1. The molecule has 0 aliphatic carbocycles. The number of pyridine rings is 1. The molecule has 1 fully saturated rings. The number of hydrogen-bond donors (Lipinski definition) is 1. The number of primary sulfonamides is 1. The van der Waals surface area contributed by atoms with Crippen molar-refractivity contribution < 1.29 is 13.2 Å². The maximum absolute atomic E-state index is 12.0. The van der Waals surface area contributed by atoms with Crippen LogP contribution >= 0.6 is 0 Å². The zero-order valence-corrected chi connectivity index (χ0v) is 12.5. The number of hydrogen-bond acceptors (Lipinski definition) is 4. The molecule has 0 bridgehead atoms. The largest absolute Gasteiger partial charge is 0.295 e. The van der Waals surface area contributed by atoms with Gasteiger partial charge in [0, 0.05) is 18.5 Å². The molecule has 1 aliphatic heterocycles. The second kappa shape index (κ2) is 5.51. The van der Waals surface area contributed by atoms with Crippen molar-refractivity contribution in [1.29, 1.82) is 0 Å². The number of anilines is 1. The maximum atomic E-state index is 12.0. The molecule has 2 N–H and O–H groups in total. The minimum atomic E-state index is -3.73. The van der Waals surface area contributed by atoms with Crippen molar-refractivity contribution in [2.45, 2.75) is 11.7 Å². The van der Waals surface area contributed by atoms with Crippen molar-refractivity contribution in [3.8, 4) is 11.3 Å². The van der Waals surface area contributed by atoms with Crippen LogP contribution in [0.3, 0.4) is 0 Å². The summed E-state index contributed by atoms with van der Waals surface area (Å²) >= 11 is 0. The summed E-state index contributed by atoms with van der Waals surface area (Å²) < 4.78 is 22.8. The van der Waals surface area contributed by atoms with Gasteiger partial charge in [0.05, 0.1) is 5.69 Å². The highest BCUT2D eigenvalue weighted by Crippen LogP contribution is 2.25. The lowest BCUT2D eigenvalue weighted by Crippen LogP contribution is -2.32. The molecule has 1 aromatic heterocycles. The molecule has 2 aromatic rings. The number of sulfonamides is 1. The molecule has 1 amide bonds. The van der Waals surface area contributed by atoms with Gasteiger partial charge in [-0.05, 0) is 12.1 Å². The molecule has 1 saturated heterocycles. The molecule has 0 spiro atoms. The van der Waals surface area contributed by atoms with E-state index in [0.717, 1.165) is 11.3 Å². The van der Waals surface area contributed by atoms with Gasteiger partial charge in [-0.1, -0.05) is 36.4 Å². The highest BCUT2D eigenvalue weighted by atomic mass is 32.2. The Labute approximate surface area is 128 Å². The van der Waals surface area contributed by atoms with Gasteiger partial charge in [-0.3, -0.25) is 9.69 Å². The van der Waals surface area contributed by atoms with Gasteiger partial charge in [0.2, 0.25) is 15.9 Å². The van der Waals surface area contributed by atoms with Crippen LogP contribution in [0.15, 0.2) is 48.5 Å². The molecule has 1 aliphatic rings. The third-order valence-electron chi connectivity index (χ3n) is 3.63. The predicted molar refractivity (Wildman–Crippen MR) is 83.5 cm³/mol. The van der Waals surface area contributed by atoms with Crippen LogP contribution in [0.4, 0.5) is 5.82 Å². The summed E-state index contributed by atoms with van der Waals surface area (Å²) in [6.07, 6.45) is -0.101. The first-order chi connectivity index (χ1) is 10.4. The van der Waals surface area contributed by atoms with Crippen molar-refractivity contribution in [3.63, 3.8) is 0 Å². The standard InChI is InChI=1S/C15H15N3O3S/c16-22(20,21)12-9-15(19)18(10-12)14-8-4-7-13(17-14)11-5-2-1-3-6-11/h1-8,12H,9-10H2,(H2,16,20,21). The molecule has 1 unspecified atom stereocenters. The van der Waals surface area contributed by atoms with E-state index in [2.05, 4.69) is 4.98 Å². The van der Waals surface area contributed by atoms with Crippen molar-refractivity contribution in [1.82, 2.24) is 4.98 Å². The second-order valence-corrected chi connectivity index (χ2v) is 7.01. The summed E-state index contributed by atoms with van der Waals surface area (Å²) in [6.45, 7) is 0.0446. The van der Waals surface area contributed by atoms with Crippen molar-refractivity contribution in [2.24, 2.45) is 5.14 Å². The zero-order valence-electron chi connectivity index (χ0n) is 11.7. The maximum Gasteiger partial charge on any atom is 0.229 e. The number of benzene rings is 1. The van der Waals surface area contributed by atoms with Crippen LogP contribution in [0.1, 0.15) is 6.42 Å². The minimum Gasteiger partial charge on any atom is -0.295 e. The number of nitrogens with zero attached hydrogens (tertiary/aromatic N) is 2. The Kier molecular flexibility index (Phi) is 3.67. The molecule has 0 saturated carbocycles. The fourth-order valence-corrected chi connectivity index (χ4v) is 3.19. The Balaban J connectivity index is 1.92. The van der Waals surface area contributed by atoms with Crippen LogP contribution < -0.4 is 10.0 Å².